The number of aryl methyl sites for hydroxylation is 2. The first-order valence-corrected chi connectivity index (χ1v) is 8.17. The smallest absolute Gasteiger partial charge is 0.261 e. The van der Waals surface area contributed by atoms with Gasteiger partial charge in [0.1, 0.15) is 0 Å². The van der Waals surface area contributed by atoms with Gasteiger partial charge in [-0.1, -0.05) is 12.1 Å². The zero-order valence-electron chi connectivity index (χ0n) is 14.7. The number of hydrogen-bond acceptors (Lipinski definition) is 5. The number of hydrogen-bond donors (Lipinski definition) is 0. The summed E-state index contributed by atoms with van der Waals surface area (Å²) in [4.78, 5) is 30.0. The maximum atomic E-state index is 12.6. The second-order valence-electron chi connectivity index (χ2n) is 6.00. The molecule has 0 radical (unpaired) electrons. The van der Waals surface area contributed by atoms with Gasteiger partial charge in [0, 0.05) is 39.2 Å². The highest BCUT2D eigenvalue weighted by molar-refractivity contribution is 5.75. The molecule has 24 heavy (non-hydrogen) atoms. The summed E-state index contributed by atoms with van der Waals surface area (Å²) in [6.07, 6.45) is 2.45. The third kappa shape index (κ3) is 4.10. The lowest BCUT2D eigenvalue weighted by Gasteiger charge is -2.09. The molecule has 0 aromatic carbocycles. The minimum absolute atomic E-state index is 0.0655. The maximum Gasteiger partial charge on any atom is 0.261 e. The van der Waals surface area contributed by atoms with Crippen LogP contribution in [0, 0.1) is 6.92 Å². The Labute approximate surface area is 141 Å². The van der Waals surface area contributed by atoms with Crippen LogP contribution in [-0.4, -0.2) is 39.6 Å². The van der Waals surface area contributed by atoms with Gasteiger partial charge < -0.3 is 14.0 Å². The van der Waals surface area contributed by atoms with Crippen LogP contribution in [0.25, 0.3) is 11.4 Å². The van der Waals surface area contributed by atoms with Crippen LogP contribution < -0.4 is 5.56 Å². The van der Waals surface area contributed by atoms with Crippen LogP contribution in [0.1, 0.15) is 37.8 Å². The molecule has 1 amide bonds. The molecule has 2 aromatic heterocycles. The van der Waals surface area contributed by atoms with E-state index in [1.165, 1.54) is 0 Å². The van der Waals surface area contributed by atoms with Crippen molar-refractivity contribution in [2.45, 2.75) is 46.1 Å². The van der Waals surface area contributed by atoms with E-state index in [-0.39, 0.29) is 11.5 Å². The molecule has 7 heteroatoms. The van der Waals surface area contributed by atoms with Gasteiger partial charge in [-0.3, -0.25) is 9.59 Å². The fourth-order valence-corrected chi connectivity index (χ4v) is 2.42. The van der Waals surface area contributed by atoms with Gasteiger partial charge in [0.05, 0.1) is 5.56 Å². The van der Waals surface area contributed by atoms with E-state index in [0.29, 0.717) is 43.1 Å². The zero-order chi connectivity index (χ0) is 17.7. The molecule has 0 saturated heterocycles. The van der Waals surface area contributed by atoms with Crippen molar-refractivity contribution in [2.75, 3.05) is 14.1 Å². The number of amides is 1. The van der Waals surface area contributed by atoms with E-state index in [2.05, 4.69) is 10.1 Å². The van der Waals surface area contributed by atoms with E-state index in [1.807, 2.05) is 19.9 Å². The van der Waals surface area contributed by atoms with E-state index >= 15 is 0 Å². The Balaban J connectivity index is 2.12. The van der Waals surface area contributed by atoms with Crippen molar-refractivity contribution in [2.24, 2.45) is 0 Å². The predicted octanol–water partition coefficient (Wildman–Crippen LogP) is 2.03. The lowest BCUT2D eigenvalue weighted by Crippen LogP contribution is -2.23. The molecule has 0 fully saturated rings. The highest BCUT2D eigenvalue weighted by Gasteiger charge is 2.15. The largest absolute Gasteiger partial charge is 0.349 e. The topological polar surface area (TPSA) is 81.2 Å². The molecule has 0 unspecified atom stereocenters. The van der Waals surface area contributed by atoms with Crippen LogP contribution in [0.2, 0.25) is 0 Å². The Morgan fingerprint density at radius 3 is 2.75 bits per heavy atom. The van der Waals surface area contributed by atoms with Gasteiger partial charge >= 0.3 is 0 Å². The molecule has 0 saturated carbocycles. The third-order valence-corrected chi connectivity index (χ3v) is 3.83. The summed E-state index contributed by atoms with van der Waals surface area (Å²) in [7, 11) is 3.46. The van der Waals surface area contributed by atoms with Crippen molar-refractivity contribution in [1.29, 1.82) is 0 Å². The molecule has 2 heterocycles. The van der Waals surface area contributed by atoms with Gasteiger partial charge in [0.2, 0.25) is 17.6 Å². The van der Waals surface area contributed by atoms with Crippen molar-refractivity contribution in [3.8, 4) is 11.4 Å². The summed E-state index contributed by atoms with van der Waals surface area (Å²) in [5.74, 6) is 0.813. The molecule has 0 aliphatic carbocycles. The van der Waals surface area contributed by atoms with Crippen molar-refractivity contribution in [1.82, 2.24) is 19.6 Å². The van der Waals surface area contributed by atoms with E-state index in [0.717, 1.165) is 12.1 Å². The maximum absolute atomic E-state index is 12.6. The summed E-state index contributed by atoms with van der Waals surface area (Å²) in [5, 5.41) is 3.92. The number of rotatable bonds is 7. The SMILES string of the molecule is CCCn1c(C)ccc(-c2noc(CCCC(=O)N(C)C)n2)c1=O. The van der Waals surface area contributed by atoms with E-state index in [4.69, 9.17) is 4.52 Å². The van der Waals surface area contributed by atoms with Crippen LogP contribution in [-0.2, 0) is 17.8 Å². The molecular weight excluding hydrogens is 308 g/mol. The first-order valence-electron chi connectivity index (χ1n) is 8.17. The summed E-state index contributed by atoms with van der Waals surface area (Å²) in [5.41, 5.74) is 1.25. The molecule has 0 aliphatic heterocycles. The predicted molar refractivity (Wildman–Crippen MR) is 90.7 cm³/mol. The number of carbonyl (C=O) groups excluding carboxylic acids is 1. The standard InChI is InChI=1S/C17H24N4O3/c1-5-11-21-12(2)9-10-13(17(21)23)16-18-14(24-19-16)7-6-8-15(22)20(3)4/h9-10H,5-8,11H2,1-4H3. The Kier molecular flexibility index (Phi) is 5.89. The molecule has 0 spiro atoms. The highest BCUT2D eigenvalue weighted by atomic mass is 16.5. The second kappa shape index (κ2) is 7.90. The van der Waals surface area contributed by atoms with Crippen LogP contribution in [0.3, 0.4) is 0 Å². The minimum Gasteiger partial charge on any atom is -0.349 e. The fourth-order valence-electron chi connectivity index (χ4n) is 2.42. The Hall–Kier alpha value is -2.44. The molecule has 7 nitrogen and oxygen atoms in total. The van der Waals surface area contributed by atoms with Crippen molar-refractivity contribution in [3.63, 3.8) is 0 Å². The quantitative estimate of drug-likeness (QED) is 0.775. The van der Waals surface area contributed by atoms with E-state index in [1.54, 1.807) is 29.6 Å². The van der Waals surface area contributed by atoms with Gasteiger partial charge in [0.25, 0.3) is 5.56 Å². The first kappa shape index (κ1) is 17.9. The number of nitrogens with zero attached hydrogens (tertiary/aromatic N) is 4. The molecule has 130 valence electrons. The lowest BCUT2D eigenvalue weighted by molar-refractivity contribution is -0.128. The third-order valence-electron chi connectivity index (χ3n) is 3.83. The fraction of sp³-hybridized carbons (Fsp3) is 0.529. The van der Waals surface area contributed by atoms with Crippen molar-refractivity contribution >= 4 is 5.91 Å². The number of carbonyl (C=O) groups is 1. The van der Waals surface area contributed by atoms with Gasteiger partial charge in [-0.05, 0) is 31.9 Å². The monoisotopic (exact) mass is 332 g/mol. The van der Waals surface area contributed by atoms with Crippen LogP contribution in [0.5, 0.6) is 0 Å². The lowest BCUT2D eigenvalue weighted by atomic mass is 10.2. The summed E-state index contributed by atoms with van der Waals surface area (Å²) in [6, 6.07) is 3.62. The molecule has 2 aromatic rings. The summed E-state index contributed by atoms with van der Waals surface area (Å²) in [6.45, 7) is 4.60. The minimum atomic E-state index is -0.105. The average Bonchev–Trinajstić information content (AvgIpc) is 2.99. The average molecular weight is 332 g/mol. The van der Waals surface area contributed by atoms with E-state index < -0.39 is 0 Å². The molecule has 0 aliphatic rings. The van der Waals surface area contributed by atoms with Gasteiger partial charge in [-0.2, -0.15) is 4.98 Å². The van der Waals surface area contributed by atoms with E-state index in [9.17, 15) is 9.59 Å². The van der Waals surface area contributed by atoms with Crippen LogP contribution >= 0.6 is 0 Å². The zero-order valence-corrected chi connectivity index (χ0v) is 14.7. The number of aromatic nitrogens is 3. The van der Waals surface area contributed by atoms with Gasteiger partial charge in [-0.25, -0.2) is 0 Å². The van der Waals surface area contributed by atoms with Crippen LogP contribution in [0.15, 0.2) is 21.5 Å². The molecule has 2 rings (SSSR count). The molecule has 0 bridgehead atoms. The highest BCUT2D eigenvalue weighted by Crippen LogP contribution is 2.14. The normalized spacial score (nSPS) is 10.8. The Morgan fingerprint density at radius 2 is 2.08 bits per heavy atom. The van der Waals surface area contributed by atoms with Gasteiger partial charge in [-0.15, -0.1) is 0 Å². The summed E-state index contributed by atoms with van der Waals surface area (Å²) >= 11 is 0. The van der Waals surface area contributed by atoms with Gasteiger partial charge in [0.15, 0.2) is 0 Å². The summed E-state index contributed by atoms with van der Waals surface area (Å²) < 4.78 is 6.94. The Bertz CT molecular complexity index is 761. The molecular formula is C17H24N4O3. The Morgan fingerprint density at radius 1 is 1.33 bits per heavy atom. The van der Waals surface area contributed by atoms with Crippen LogP contribution in [0.4, 0.5) is 0 Å². The van der Waals surface area contributed by atoms with Crippen molar-refractivity contribution < 1.29 is 9.32 Å². The van der Waals surface area contributed by atoms with Crippen molar-refractivity contribution in [3.05, 3.63) is 34.1 Å². The first-order chi connectivity index (χ1) is 11.4. The number of pyridine rings is 1. The molecule has 0 atom stereocenters. The second-order valence-corrected chi connectivity index (χ2v) is 6.00. The molecule has 0 N–H and O–H groups in total.